The van der Waals surface area contributed by atoms with Crippen molar-refractivity contribution < 1.29 is 13.2 Å². The van der Waals surface area contributed by atoms with Gasteiger partial charge < -0.3 is 9.80 Å². The Morgan fingerprint density at radius 3 is 2.00 bits per heavy atom. The highest BCUT2D eigenvalue weighted by molar-refractivity contribution is 7.92. The quantitative estimate of drug-likeness (QED) is 0.462. The van der Waals surface area contributed by atoms with Gasteiger partial charge >= 0.3 is 0 Å². The summed E-state index contributed by atoms with van der Waals surface area (Å²) in [6.45, 7) is 2.05. The number of rotatable bonds is 11. The summed E-state index contributed by atoms with van der Waals surface area (Å²) < 4.78 is 27.6. The largest absolute Gasteiger partial charge is 0.337 e. The van der Waals surface area contributed by atoms with E-state index < -0.39 is 10.0 Å². The first-order valence-corrected chi connectivity index (χ1v) is 12.5. The SMILES string of the molecule is CN(C)CCN(CCCc1ccccc1)C(=O)c1ccc(NS(=O)(=O)c2ccccc2)cc1. The number of likely N-dealkylation sites (N-methyl/N-ethyl adjacent to an activating group) is 1. The molecule has 1 N–H and O–H groups in total. The van der Waals surface area contributed by atoms with E-state index in [0.717, 1.165) is 19.4 Å². The van der Waals surface area contributed by atoms with Gasteiger partial charge in [-0.25, -0.2) is 8.42 Å². The second-order valence-corrected chi connectivity index (χ2v) is 9.86. The molecule has 0 aliphatic carbocycles. The van der Waals surface area contributed by atoms with E-state index in [1.807, 2.05) is 37.2 Å². The maximum absolute atomic E-state index is 13.2. The van der Waals surface area contributed by atoms with Crippen molar-refractivity contribution in [1.82, 2.24) is 9.80 Å². The molecule has 0 saturated carbocycles. The van der Waals surface area contributed by atoms with Crippen molar-refractivity contribution in [2.45, 2.75) is 17.7 Å². The van der Waals surface area contributed by atoms with Gasteiger partial charge in [-0.15, -0.1) is 0 Å². The summed E-state index contributed by atoms with van der Waals surface area (Å²) in [4.78, 5) is 17.3. The molecule has 0 fully saturated rings. The first-order valence-electron chi connectivity index (χ1n) is 11.0. The fourth-order valence-electron chi connectivity index (χ4n) is 3.43. The molecule has 3 aromatic carbocycles. The molecule has 0 bridgehead atoms. The predicted molar refractivity (Wildman–Crippen MR) is 133 cm³/mol. The maximum Gasteiger partial charge on any atom is 0.261 e. The van der Waals surface area contributed by atoms with Crippen LogP contribution >= 0.6 is 0 Å². The predicted octanol–water partition coefficient (Wildman–Crippen LogP) is 4.12. The molecule has 0 aromatic heterocycles. The summed E-state index contributed by atoms with van der Waals surface area (Å²) in [6.07, 6.45) is 1.78. The second-order valence-electron chi connectivity index (χ2n) is 8.18. The van der Waals surface area contributed by atoms with Crippen LogP contribution in [-0.2, 0) is 16.4 Å². The lowest BCUT2D eigenvalue weighted by Gasteiger charge is -2.25. The Hall–Kier alpha value is -3.16. The number of amides is 1. The first-order chi connectivity index (χ1) is 15.8. The lowest BCUT2D eigenvalue weighted by molar-refractivity contribution is 0.0743. The molecule has 1 amide bonds. The molecule has 33 heavy (non-hydrogen) atoms. The minimum absolute atomic E-state index is 0.0534. The Morgan fingerprint density at radius 2 is 1.39 bits per heavy atom. The Kier molecular flexibility index (Phi) is 8.63. The number of hydrogen-bond donors (Lipinski definition) is 1. The number of carbonyl (C=O) groups excluding carboxylic acids is 1. The number of benzene rings is 3. The molecule has 174 valence electrons. The fraction of sp³-hybridized carbons (Fsp3) is 0.269. The van der Waals surface area contributed by atoms with E-state index in [1.54, 1.807) is 42.5 Å². The van der Waals surface area contributed by atoms with Gasteiger partial charge in [0.2, 0.25) is 0 Å². The van der Waals surface area contributed by atoms with Crippen LogP contribution in [0.4, 0.5) is 5.69 Å². The third kappa shape index (κ3) is 7.44. The Bertz CT molecular complexity index is 1120. The molecular weight excluding hydrogens is 434 g/mol. The molecule has 0 spiro atoms. The third-order valence-electron chi connectivity index (χ3n) is 5.28. The van der Waals surface area contributed by atoms with E-state index >= 15 is 0 Å². The summed E-state index contributed by atoms with van der Waals surface area (Å²) in [7, 11) is 0.303. The molecular formula is C26H31N3O3S. The van der Waals surface area contributed by atoms with Gasteiger partial charge in [-0.1, -0.05) is 48.5 Å². The molecule has 0 unspecified atom stereocenters. The average Bonchev–Trinajstić information content (AvgIpc) is 2.82. The zero-order chi connectivity index (χ0) is 23.7. The molecule has 0 aliphatic rings. The van der Waals surface area contributed by atoms with Crippen molar-refractivity contribution in [1.29, 1.82) is 0 Å². The topological polar surface area (TPSA) is 69.7 Å². The lowest BCUT2D eigenvalue weighted by atomic mass is 10.1. The molecule has 3 aromatic rings. The van der Waals surface area contributed by atoms with Crippen LogP contribution in [0.25, 0.3) is 0 Å². The van der Waals surface area contributed by atoms with Crippen molar-refractivity contribution in [2.75, 3.05) is 38.5 Å². The Balaban J connectivity index is 1.66. The van der Waals surface area contributed by atoms with Gasteiger partial charge in [0.25, 0.3) is 15.9 Å². The molecule has 0 saturated heterocycles. The molecule has 7 heteroatoms. The Morgan fingerprint density at radius 1 is 0.788 bits per heavy atom. The summed E-state index contributed by atoms with van der Waals surface area (Å²) in [5.41, 5.74) is 2.21. The molecule has 0 atom stereocenters. The number of nitrogens with one attached hydrogen (secondary N) is 1. The minimum Gasteiger partial charge on any atom is -0.337 e. The van der Waals surface area contributed by atoms with Gasteiger partial charge in [-0.05, 0) is 68.9 Å². The van der Waals surface area contributed by atoms with Gasteiger partial charge in [0.15, 0.2) is 0 Å². The number of sulfonamides is 1. The van der Waals surface area contributed by atoms with E-state index in [0.29, 0.717) is 24.3 Å². The van der Waals surface area contributed by atoms with Crippen molar-refractivity contribution >= 4 is 21.6 Å². The van der Waals surface area contributed by atoms with Gasteiger partial charge in [0.05, 0.1) is 4.90 Å². The summed E-state index contributed by atoms with van der Waals surface area (Å²) >= 11 is 0. The first kappa shape index (κ1) is 24.5. The highest BCUT2D eigenvalue weighted by atomic mass is 32.2. The summed E-state index contributed by atoms with van der Waals surface area (Å²) in [5, 5.41) is 0. The maximum atomic E-state index is 13.2. The van der Waals surface area contributed by atoms with E-state index in [4.69, 9.17) is 0 Å². The van der Waals surface area contributed by atoms with Crippen LogP contribution in [0.3, 0.4) is 0 Å². The van der Waals surface area contributed by atoms with Crippen LogP contribution < -0.4 is 4.72 Å². The fourth-order valence-corrected chi connectivity index (χ4v) is 4.51. The minimum atomic E-state index is -3.67. The second kappa shape index (κ2) is 11.6. The average molecular weight is 466 g/mol. The van der Waals surface area contributed by atoms with Crippen LogP contribution in [0.15, 0.2) is 89.8 Å². The zero-order valence-corrected chi connectivity index (χ0v) is 20.0. The van der Waals surface area contributed by atoms with Crippen LogP contribution in [0.2, 0.25) is 0 Å². The number of hydrogen-bond acceptors (Lipinski definition) is 4. The van der Waals surface area contributed by atoms with E-state index in [1.165, 1.54) is 17.7 Å². The van der Waals surface area contributed by atoms with Crippen LogP contribution in [0.1, 0.15) is 22.3 Å². The van der Waals surface area contributed by atoms with Crippen molar-refractivity contribution in [2.24, 2.45) is 0 Å². The van der Waals surface area contributed by atoms with Gasteiger partial charge in [0.1, 0.15) is 0 Å². The smallest absolute Gasteiger partial charge is 0.261 e. The molecule has 0 radical (unpaired) electrons. The number of nitrogens with zero attached hydrogens (tertiary/aromatic N) is 2. The monoisotopic (exact) mass is 465 g/mol. The van der Waals surface area contributed by atoms with E-state index in [9.17, 15) is 13.2 Å². The normalized spacial score (nSPS) is 11.4. The van der Waals surface area contributed by atoms with Crippen LogP contribution in [0, 0.1) is 0 Å². The van der Waals surface area contributed by atoms with Gasteiger partial charge in [-0.2, -0.15) is 0 Å². The van der Waals surface area contributed by atoms with E-state index in [-0.39, 0.29) is 10.8 Å². The van der Waals surface area contributed by atoms with Gasteiger partial charge in [0, 0.05) is 30.9 Å². The molecule has 6 nitrogen and oxygen atoms in total. The molecule has 0 aliphatic heterocycles. The molecule has 0 heterocycles. The van der Waals surface area contributed by atoms with E-state index in [2.05, 4.69) is 21.8 Å². The summed E-state index contributed by atoms with van der Waals surface area (Å²) in [5.74, 6) is -0.0534. The van der Waals surface area contributed by atoms with Crippen molar-refractivity contribution in [3.8, 4) is 0 Å². The summed E-state index contributed by atoms with van der Waals surface area (Å²) in [6, 6.07) is 25.0. The number of aryl methyl sites for hydroxylation is 1. The van der Waals surface area contributed by atoms with Crippen LogP contribution in [0.5, 0.6) is 0 Å². The highest BCUT2D eigenvalue weighted by Gasteiger charge is 2.17. The Labute approximate surface area is 196 Å². The van der Waals surface area contributed by atoms with Crippen molar-refractivity contribution in [3.63, 3.8) is 0 Å². The zero-order valence-electron chi connectivity index (χ0n) is 19.1. The number of carbonyl (C=O) groups is 1. The number of anilines is 1. The molecule has 3 rings (SSSR count). The highest BCUT2D eigenvalue weighted by Crippen LogP contribution is 2.17. The third-order valence-corrected chi connectivity index (χ3v) is 6.68. The van der Waals surface area contributed by atoms with Crippen LogP contribution in [-0.4, -0.2) is 57.9 Å². The lowest BCUT2D eigenvalue weighted by Crippen LogP contribution is -2.37. The van der Waals surface area contributed by atoms with Crippen molar-refractivity contribution in [3.05, 3.63) is 96.1 Å². The van der Waals surface area contributed by atoms with Gasteiger partial charge in [-0.3, -0.25) is 9.52 Å². The standard InChI is InChI=1S/C26H31N3O3S/c1-28(2)20-21-29(19-9-12-22-10-5-3-6-11-22)26(30)23-15-17-24(18-16-23)27-33(31,32)25-13-7-4-8-14-25/h3-8,10-11,13-18,27H,9,12,19-21H2,1-2H3.